The van der Waals surface area contributed by atoms with Gasteiger partial charge < -0.3 is 20.3 Å². The molecule has 7 heteroatoms. The van der Waals surface area contributed by atoms with Gasteiger partial charge in [0.1, 0.15) is 0 Å². The molecule has 2 N–H and O–H groups in total. The molecule has 2 rings (SSSR count). The number of carbonyl (C=O) groups is 1. The number of aliphatic imine (C=N–C) groups is 1. The maximum Gasteiger partial charge on any atom is 0.241 e. The van der Waals surface area contributed by atoms with Gasteiger partial charge in [0.25, 0.3) is 0 Å². The summed E-state index contributed by atoms with van der Waals surface area (Å²) in [6, 6.07) is 8.34. The molecule has 1 heterocycles. The first kappa shape index (κ1) is 21.2. The number of carbonyl (C=O) groups excluding carboxylic acids is 1. The fourth-order valence-corrected chi connectivity index (χ4v) is 2.69. The Morgan fingerprint density at radius 3 is 2.56 bits per heavy atom. The van der Waals surface area contributed by atoms with Crippen molar-refractivity contribution < 1.29 is 9.53 Å². The topological polar surface area (TPSA) is 69.2 Å². The lowest BCUT2D eigenvalue weighted by atomic mass is 10.1. The van der Waals surface area contributed by atoms with Crippen LogP contribution in [-0.2, 0) is 16.1 Å². The number of morpholine rings is 1. The number of aryl methyl sites for hydroxylation is 1. The van der Waals surface area contributed by atoms with Crippen molar-refractivity contribution >= 4 is 11.9 Å². The summed E-state index contributed by atoms with van der Waals surface area (Å²) in [5, 5.41) is 6.48. The van der Waals surface area contributed by atoms with Crippen molar-refractivity contribution in [2.45, 2.75) is 19.9 Å². The Bertz CT molecular complexity index is 595. The summed E-state index contributed by atoms with van der Waals surface area (Å²) in [5.74, 6) is 0.695. The fourth-order valence-electron chi connectivity index (χ4n) is 2.69. The second kappa shape index (κ2) is 11.6. The molecule has 1 aromatic carbocycles. The van der Waals surface area contributed by atoms with Crippen LogP contribution in [0.15, 0.2) is 29.3 Å². The minimum atomic E-state index is 0.0214. The summed E-state index contributed by atoms with van der Waals surface area (Å²) in [6.45, 7) is 8.39. The van der Waals surface area contributed by atoms with E-state index < -0.39 is 0 Å². The summed E-state index contributed by atoms with van der Waals surface area (Å²) >= 11 is 0. The Morgan fingerprint density at radius 2 is 1.89 bits per heavy atom. The first-order valence-electron chi connectivity index (χ1n) is 9.62. The van der Waals surface area contributed by atoms with Crippen molar-refractivity contribution in [3.05, 3.63) is 35.4 Å². The lowest BCUT2D eigenvalue weighted by Gasteiger charge is -2.26. The van der Waals surface area contributed by atoms with Crippen molar-refractivity contribution in [3.63, 3.8) is 0 Å². The van der Waals surface area contributed by atoms with Crippen molar-refractivity contribution in [3.8, 4) is 0 Å². The van der Waals surface area contributed by atoms with Crippen molar-refractivity contribution in [2.24, 2.45) is 4.99 Å². The maximum atomic E-state index is 11.9. The lowest BCUT2D eigenvalue weighted by Crippen LogP contribution is -2.44. The van der Waals surface area contributed by atoms with Gasteiger partial charge in [0, 0.05) is 33.7 Å². The number of likely N-dealkylation sites (N-methyl/N-ethyl adjacent to an activating group) is 1. The molecule has 0 aliphatic carbocycles. The molecular formula is C20H33N5O2. The molecule has 1 aliphatic heterocycles. The van der Waals surface area contributed by atoms with Gasteiger partial charge in [-0.05, 0) is 25.5 Å². The molecule has 0 saturated carbocycles. The molecule has 150 valence electrons. The number of hydrogen-bond donors (Lipinski definition) is 2. The summed E-state index contributed by atoms with van der Waals surface area (Å²) in [6.07, 6.45) is 1.02. The van der Waals surface area contributed by atoms with Gasteiger partial charge in [-0.1, -0.05) is 29.8 Å². The average molecular weight is 376 g/mol. The van der Waals surface area contributed by atoms with E-state index in [9.17, 15) is 4.79 Å². The standard InChI is InChI=1S/C20H33N5O2/c1-17-5-7-18(8-6-17)15-22-20(23-16-19(26)24(2)3)21-9-4-10-25-11-13-27-14-12-25/h5-8H,4,9-16H2,1-3H3,(H2,21,22,23). The largest absolute Gasteiger partial charge is 0.379 e. The highest BCUT2D eigenvalue weighted by Gasteiger charge is 2.10. The molecule has 0 aromatic heterocycles. The van der Waals surface area contributed by atoms with E-state index in [1.165, 1.54) is 5.56 Å². The first-order valence-corrected chi connectivity index (χ1v) is 9.62. The fraction of sp³-hybridized carbons (Fsp3) is 0.600. The Kier molecular flexibility index (Phi) is 9.07. The Balaban J connectivity index is 1.82. The third-order valence-corrected chi connectivity index (χ3v) is 4.49. The predicted molar refractivity (Wildman–Crippen MR) is 109 cm³/mol. The zero-order chi connectivity index (χ0) is 19.5. The molecule has 0 spiro atoms. The van der Waals surface area contributed by atoms with E-state index in [2.05, 4.69) is 51.7 Å². The quantitative estimate of drug-likeness (QED) is 0.400. The van der Waals surface area contributed by atoms with E-state index in [1.54, 1.807) is 19.0 Å². The van der Waals surface area contributed by atoms with Crippen molar-refractivity contribution in [2.75, 3.05) is 60.0 Å². The second-order valence-corrected chi connectivity index (χ2v) is 7.03. The number of hydrogen-bond acceptors (Lipinski definition) is 4. The zero-order valence-corrected chi connectivity index (χ0v) is 16.8. The number of benzene rings is 1. The van der Waals surface area contributed by atoms with E-state index in [0.29, 0.717) is 12.5 Å². The van der Waals surface area contributed by atoms with E-state index in [-0.39, 0.29) is 12.5 Å². The van der Waals surface area contributed by atoms with Crippen LogP contribution in [0.1, 0.15) is 17.5 Å². The van der Waals surface area contributed by atoms with Gasteiger partial charge in [-0.15, -0.1) is 0 Å². The van der Waals surface area contributed by atoms with Crippen molar-refractivity contribution in [1.82, 2.24) is 20.4 Å². The number of amides is 1. The molecule has 0 radical (unpaired) electrons. The number of rotatable bonds is 8. The van der Waals surface area contributed by atoms with Crippen LogP contribution in [0.25, 0.3) is 0 Å². The molecule has 1 fully saturated rings. The van der Waals surface area contributed by atoms with Crippen LogP contribution in [0.2, 0.25) is 0 Å². The van der Waals surface area contributed by atoms with Crippen LogP contribution in [0.3, 0.4) is 0 Å². The number of guanidine groups is 1. The monoisotopic (exact) mass is 375 g/mol. The van der Waals surface area contributed by atoms with Gasteiger partial charge in [-0.3, -0.25) is 9.69 Å². The highest BCUT2D eigenvalue weighted by Crippen LogP contribution is 2.04. The molecule has 1 amide bonds. The van der Waals surface area contributed by atoms with Gasteiger partial charge >= 0.3 is 0 Å². The summed E-state index contributed by atoms with van der Waals surface area (Å²) in [4.78, 5) is 20.5. The van der Waals surface area contributed by atoms with E-state index in [0.717, 1.165) is 51.4 Å². The molecule has 0 bridgehead atoms. The predicted octanol–water partition coefficient (Wildman–Crippen LogP) is 0.841. The van der Waals surface area contributed by atoms with E-state index in [1.807, 2.05) is 0 Å². The van der Waals surface area contributed by atoms with Gasteiger partial charge in [0.2, 0.25) is 5.91 Å². The third-order valence-electron chi connectivity index (χ3n) is 4.49. The normalized spacial score (nSPS) is 15.4. The molecule has 27 heavy (non-hydrogen) atoms. The number of nitrogens with one attached hydrogen (secondary N) is 2. The minimum absolute atomic E-state index is 0.0214. The smallest absolute Gasteiger partial charge is 0.241 e. The van der Waals surface area contributed by atoms with Crippen LogP contribution >= 0.6 is 0 Å². The average Bonchev–Trinajstić information content (AvgIpc) is 2.68. The SMILES string of the molecule is Cc1ccc(CN=C(NCCCN2CCOCC2)NCC(=O)N(C)C)cc1. The van der Waals surface area contributed by atoms with E-state index >= 15 is 0 Å². The van der Waals surface area contributed by atoms with Crippen LogP contribution in [-0.4, -0.2) is 81.7 Å². The Morgan fingerprint density at radius 1 is 1.19 bits per heavy atom. The Hall–Kier alpha value is -2.12. The minimum Gasteiger partial charge on any atom is -0.379 e. The third kappa shape index (κ3) is 8.41. The van der Waals surface area contributed by atoms with Crippen LogP contribution in [0, 0.1) is 6.92 Å². The molecule has 0 atom stereocenters. The zero-order valence-electron chi connectivity index (χ0n) is 16.8. The number of ether oxygens (including phenoxy) is 1. The second-order valence-electron chi connectivity index (χ2n) is 7.03. The summed E-state index contributed by atoms with van der Waals surface area (Å²) in [7, 11) is 3.51. The molecule has 7 nitrogen and oxygen atoms in total. The summed E-state index contributed by atoms with van der Waals surface area (Å²) in [5.41, 5.74) is 2.38. The Labute approximate surface area is 162 Å². The molecule has 1 saturated heterocycles. The lowest BCUT2D eigenvalue weighted by molar-refractivity contribution is -0.127. The molecular weight excluding hydrogens is 342 g/mol. The molecule has 0 unspecified atom stereocenters. The highest BCUT2D eigenvalue weighted by atomic mass is 16.5. The highest BCUT2D eigenvalue weighted by molar-refractivity contribution is 5.86. The van der Waals surface area contributed by atoms with Crippen LogP contribution < -0.4 is 10.6 Å². The summed E-state index contributed by atoms with van der Waals surface area (Å²) < 4.78 is 5.38. The first-order chi connectivity index (χ1) is 13.0. The molecule has 1 aromatic rings. The van der Waals surface area contributed by atoms with Gasteiger partial charge in [-0.2, -0.15) is 0 Å². The van der Waals surface area contributed by atoms with Crippen LogP contribution in [0.5, 0.6) is 0 Å². The maximum absolute atomic E-state index is 11.9. The van der Waals surface area contributed by atoms with Gasteiger partial charge in [0.15, 0.2) is 5.96 Å². The number of nitrogens with zero attached hydrogens (tertiary/aromatic N) is 3. The van der Waals surface area contributed by atoms with E-state index in [4.69, 9.17) is 4.74 Å². The molecule has 1 aliphatic rings. The van der Waals surface area contributed by atoms with Gasteiger partial charge in [0.05, 0.1) is 26.3 Å². The van der Waals surface area contributed by atoms with Crippen LogP contribution in [0.4, 0.5) is 0 Å². The van der Waals surface area contributed by atoms with Crippen molar-refractivity contribution in [1.29, 1.82) is 0 Å². The van der Waals surface area contributed by atoms with Gasteiger partial charge in [-0.25, -0.2) is 4.99 Å².